The number of H-pyrrole nitrogens is 1. The van der Waals surface area contributed by atoms with E-state index < -0.39 is 9.84 Å². The van der Waals surface area contributed by atoms with Crippen LogP contribution in [-0.2, 0) is 19.4 Å². The van der Waals surface area contributed by atoms with Crippen molar-refractivity contribution in [2.45, 2.75) is 17.4 Å². The zero-order valence-corrected chi connectivity index (χ0v) is 18.5. The van der Waals surface area contributed by atoms with E-state index in [0.29, 0.717) is 22.9 Å². The molecule has 10 heteroatoms. The van der Waals surface area contributed by atoms with Crippen LogP contribution in [0.3, 0.4) is 0 Å². The molecule has 31 heavy (non-hydrogen) atoms. The Labute approximate surface area is 183 Å². The van der Waals surface area contributed by atoms with Gasteiger partial charge in [0, 0.05) is 23.5 Å². The van der Waals surface area contributed by atoms with Crippen molar-refractivity contribution in [3.8, 4) is 11.5 Å². The number of nitrogens with one attached hydrogen (secondary N) is 1. The number of nitrogens with zero attached hydrogens (tertiary/aromatic N) is 1. The quantitative estimate of drug-likeness (QED) is 0.428. The van der Waals surface area contributed by atoms with Crippen LogP contribution in [0.2, 0.25) is 0 Å². The van der Waals surface area contributed by atoms with Gasteiger partial charge in [0.2, 0.25) is 0 Å². The zero-order valence-electron chi connectivity index (χ0n) is 16.9. The third-order valence-corrected chi connectivity index (χ3v) is 7.07. The summed E-state index contributed by atoms with van der Waals surface area (Å²) >= 11 is 1.58. The minimum atomic E-state index is -3.26. The number of aliphatic imine (C=N–C) groups is 1. The number of nitrogens with two attached hydrogens (primary N) is 1. The fraction of sp³-hybridized carbons (Fsp3) is 0.238. The molecule has 8 nitrogen and oxygen atoms in total. The smallest absolute Gasteiger partial charge is 0.307 e. The number of carbonyl (C=O) groups is 1. The Morgan fingerprint density at radius 3 is 2.65 bits per heavy atom. The summed E-state index contributed by atoms with van der Waals surface area (Å²) < 4.78 is 33.8. The van der Waals surface area contributed by atoms with E-state index in [4.69, 9.17) is 15.2 Å². The molecule has 2 aromatic carbocycles. The van der Waals surface area contributed by atoms with Gasteiger partial charge in [-0.3, -0.25) is 9.79 Å². The van der Waals surface area contributed by atoms with Crippen LogP contribution in [0.1, 0.15) is 12.1 Å². The number of anilines is 1. The summed E-state index contributed by atoms with van der Waals surface area (Å²) in [5, 5.41) is 1.68. The lowest BCUT2D eigenvalue weighted by atomic mass is 10.2. The second-order valence-electron chi connectivity index (χ2n) is 7.18. The predicted molar refractivity (Wildman–Crippen MR) is 122 cm³/mol. The van der Waals surface area contributed by atoms with E-state index in [-0.39, 0.29) is 23.3 Å². The third kappa shape index (κ3) is 4.70. The van der Waals surface area contributed by atoms with E-state index in [1.54, 1.807) is 30.0 Å². The lowest BCUT2D eigenvalue weighted by Gasteiger charge is -2.08. The van der Waals surface area contributed by atoms with E-state index in [9.17, 15) is 13.2 Å². The second-order valence-corrected chi connectivity index (χ2v) is 10.2. The lowest BCUT2D eigenvalue weighted by molar-refractivity contribution is -0.140. The number of carbonyl (C=O) groups excluding carboxylic acids is 1. The number of ether oxygens (including phenoxy) is 2. The first-order chi connectivity index (χ1) is 14.7. The van der Waals surface area contributed by atoms with Gasteiger partial charge in [-0.15, -0.1) is 11.8 Å². The number of fused-ring (bicyclic) bond motifs is 1. The second kappa shape index (κ2) is 8.27. The number of sulfone groups is 1. The maximum absolute atomic E-state index is 11.6. The van der Waals surface area contributed by atoms with E-state index >= 15 is 0 Å². The number of esters is 1. The van der Waals surface area contributed by atoms with Crippen LogP contribution < -0.4 is 10.5 Å². The Balaban J connectivity index is 1.57. The van der Waals surface area contributed by atoms with Crippen LogP contribution in [0.4, 0.5) is 5.69 Å². The van der Waals surface area contributed by atoms with Crippen molar-refractivity contribution in [2.75, 3.05) is 24.9 Å². The molecule has 3 aromatic rings. The number of nitrogen functional groups attached to an aromatic ring is 1. The van der Waals surface area contributed by atoms with E-state index in [2.05, 4.69) is 9.98 Å². The zero-order chi connectivity index (χ0) is 22.2. The Bertz CT molecular complexity index is 1280. The van der Waals surface area contributed by atoms with E-state index in [0.717, 1.165) is 27.9 Å². The highest BCUT2D eigenvalue weighted by atomic mass is 32.2. The lowest BCUT2D eigenvalue weighted by Crippen LogP contribution is -2.12. The minimum Gasteiger partial charge on any atom is -0.469 e. The molecule has 1 atom stereocenters. The van der Waals surface area contributed by atoms with Crippen LogP contribution >= 0.6 is 11.8 Å². The first kappa shape index (κ1) is 21.3. The first-order valence-electron chi connectivity index (χ1n) is 9.41. The molecular formula is C21H21N3O5S2. The number of rotatable bonds is 6. The summed E-state index contributed by atoms with van der Waals surface area (Å²) in [5.41, 5.74) is 8.33. The molecule has 1 aliphatic heterocycles. The topological polar surface area (TPSA) is 124 Å². The Kier molecular flexibility index (Phi) is 5.67. The van der Waals surface area contributed by atoms with E-state index in [1.807, 2.05) is 12.1 Å². The number of methoxy groups -OCH3 is 1. The van der Waals surface area contributed by atoms with Gasteiger partial charge in [-0.1, -0.05) is 0 Å². The molecular weight excluding hydrogens is 438 g/mol. The average molecular weight is 460 g/mol. The standard InChI is InChI=1S/C21H21N3O5S2/c1-28-19(25)9-13-11-30-21(23-13)18-8-12-7-15(10-17(22)20(12)24-18)29-14-3-5-16(6-4-14)31(2,26)27/h3-8,10,13,24H,9,11,22H2,1-2H3/t13-/m1/s1. The SMILES string of the molecule is COC(=O)C[C@@H]1CSC(c2cc3cc(Oc4ccc(S(C)(=O)=O)cc4)cc(N)c3[nH]2)=N1. The molecule has 0 bridgehead atoms. The summed E-state index contributed by atoms with van der Waals surface area (Å²) in [6.07, 6.45) is 1.41. The van der Waals surface area contributed by atoms with Gasteiger partial charge in [-0.25, -0.2) is 8.42 Å². The summed E-state index contributed by atoms with van der Waals surface area (Å²) in [6, 6.07) is 11.6. The van der Waals surface area contributed by atoms with Crippen molar-refractivity contribution >= 4 is 49.2 Å². The van der Waals surface area contributed by atoms with Gasteiger partial charge < -0.3 is 20.2 Å². The molecule has 4 rings (SSSR count). The van der Waals surface area contributed by atoms with Crippen LogP contribution in [0.25, 0.3) is 10.9 Å². The number of benzene rings is 2. The van der Waals surface area contributed by atoms with Crippen molar-refractivity contribution < 1.29 is 22.7 Å². The Morgan fingerprint density at radius 1 is 1.23 bits per heavy atom. The highest BCUT2D eigenvalue weighted by Gasteiger charge is 2.23. The number of thioether (sulfide) groups is 1. The molecule has 0 fully saturated rings. The largest absolute Gasteiger partial charge is 0.469 e. The van der Waals surface area contributed by atoms with E-state index in [1.165, 1.54) is 19.2 Å². The first-order valence-corrected chi connectivity index (χ1v) is 12.3. The van der Waals surface area contributed by atoms with Crippen LogP contribution in [0.15, 0.2) is 52.4 Å². The van der Waals surface area contributed by atoms with Crippen LogP contribution in [0, 0.1) is 0 Å². The molecule has 0 saturated carbocycles. The summed E-state index contributed by atoms with van der Waals surface area (Å²) in [7, 11) is -1.89. The minimum absolute atomic E-state index is 0.106. The van der Waals surface area contributed by atoms with Crippen molar-refractivity contribution in [3.05, 3.63) is 48.2 Å². The van der Waals surface area contributed by atoms with Gasteiger partial charge in [0.05, 0.1) is 41.4 Å². The van der Waals surface area contributed by atoms with Crippen molar-refractivity contribution in [3.63, 3.8) is 0 Å². The van der Waals surface area contributed by atoms with Crippen LogP contribution in [-0.4, -0.2) is 49.6 Å². The van der Waals surface area contributed by atoms with Crippen molar-refractivity contribution in [1.82, 2.24) is 4.98 Å². The molecule has 2 heterocycles. The molecule has 0 saturated heterocycles. The van der Waals surface area contributed by atoms with Gasteiger partial charge in [0.15, 0.2) is 9.84 Å². The maximum atomic E-state index is 11.6. The molecule has 0 aliphatic carbocycles. The van der Waals surface area contributed by atoms with Gasteiger partial charge in [-0.05, 0) is 36.4 Å². The highest BCUT2D eigenvalue weighted by Crippen LogP contribution is 2.33. The molecule has 1 aliphatic rings. The van der Waals surface area contributed by atoms with Gasteiger partial charge in [0.25, 0.3) is 0 Å². The number of aromatic nitrogens is 1. The number of hydrogen-bond donors (Lipinski definition) is 2. The maximum Gasteiger partial charge on any atom is 0.307 e. The fourth-order valence-electron chi connectivity index (χ4n) is 3.25. The molecule has 162 valence electrons. The summed E-state index contributed by atoms with van der Waals surface area (Å²) in [6.45, 7) is 0. The van der Waals surface area contributed by atoms with Gasteiger partial charge >= 0.3 is 5.97 Å². The molecule has 0 radical (unpaired) electrons. The molecule has 0 spiro atoms. The molecule has 0 unspecified atom stereocenters. The highest BCUT2D eigenvalue weighted by molar-refractivity contribution is 8.14. The Morgan fingerprint density at radius 2 is 1.97 bits per heavy atom. The van der Waals surface area contributed by atoms with Gasteiger partial charge in [0.1, 0.15) is 16.5 Å². The average Bonchev–Trinajstić information content (AvgIpc) is 3.35. The normalized spacial score (nSPS) is 16.3. The summed E-state index contributed by atoms with van der Waals surface area (Å²) in [5.74, 6) is 1.48. The molecule has 3 N–H and O–H groups in total. The molecule has 0 amide bonds. The number of aromatic amines is 1. The van der Waals surface area contributed by atoms with Gasteiger partial charge in [-0.2, -0.15) is 0 Å². The fourth-order valence-corrected chi connectivity index (χ4v) is 4.91. The predicted octanol–water partition coefficient (Wildman–Crippen LogP) is 3.37. The van der Waals surface area contributed by atoms with Crippen LogP contribution in [0.5, 0.6) is 11.5 Å². The summed E-state index contributed by atoms with van der Waals surface area (Å²) in [4.78, 5) is 19.6. The number of hydrogen-bond acceptors (Lipinski definition) is 8. The monoisotopic (exact) mass is 459 g/mol. The van der Waals surface area contributed by atoms with Crippen molar-refractivity contribution in [1.29, 1.82) is 0 Å². The third-order valence-electron chi connectivity index (χ3n) is 4.79. The Hall–Kier alpha value is -2.98. The van der Waals surface area contributed by atoms with Crippen molar-refractivity contribution in [2.24, 2.45) is 4.99 Å². The molecule has 1 aromatic heterocycles.